The van der Waals surface area contributed by atoms with Gasteiger partial charge in [0.15, 0.2) is 17.5 Å². The number of hydrogen-bond acceptors (Lipinski definition) is 3. The number of rotatable bonds is 5. The summed E-state index contributed by atoms with van der Waals surface area (Å²) < 4.78 is 0. The first kappa shape index (κ1) is 30.4. The van der Waals surface area contributed by atoms with E-state index in [-0.39, 0.29) is 5.41 Å². The summed E-state index contributed by atoms with van der Waals surface area (Å²) >= 11 is 0. The zero-order valence-electron chi connectivity index (χ0n) is 29.1. The minimum absolute atomic E-state index is 0.0994. The van der Waals surface area contributed by atoms with Gasteiger partial charge in [-0.15, -0.1) is 0 Å². The summed E-state index contributed by atoms with van der Waals surface area (Å²) in [7, 11) is 0. The summed E-state index contributed by atoms with van der Waals surface area (Å²) in [4.78, 5) is 15.3. The van der Waals surface area contributed by atoms with E-state index in [0.29, 0.717) is 17.5 Å². The van der Waals surface area contributed by atoms with E-state index in [9.17, 15) is 0 Å². The van der Waals surface area contributed by atoms with Crippen LogP contribution < -0.4 is 0 Å². The first-order valence-electron chi connectivity index (χ1n) is 18.0. The van der Waals surface area contributed by atoms with Gasteiger partial charge in [0, 0.05) is 22.1 Å². The lowest BCUT2D eigenvalue weighted by Gasteiger charge is -2.22. The molecule has 8 aromatic rings. The zero-order valence-corrected chi connectivity index (χ0v) is 29.1. The lowest BCUT2D eigenvalue weighted by atomic mass is 9.81. The first-order chi connectivity index (χ1) is 25.5. The van der Waals surface area contributed by atoms with E-state index in [0.717, 1.165) is 34.2 Å². The van der Waals surface area contributed by atoms with Crippen LogP contribution in [0.15, 0.2) is 164 Å². The highest BCUT2D eigenvalue weighted by atomic mass is 15.0. The average Bonchev–Trinajstić information content (AvgIpc) is 3.70. The molecule has 0 atom stereocenters. The molecule has 0 N–H and O–H groups in total. The van der Waals surface area contributed by atoms with Crippen LogP contribution in [-0.4, -0.2) is 15.0 Å². The number of fused-ring (bicyclic) bond motifs is 6. The molecule has 52 heavy (non-hydrogen) atoms. The Morgan fingerprint density at radius 3 is 1.63 bits per heavy atom. The zero-order chi connectivity index (χ0) is 34.8. The third kappa shape index (κ3) is 4.92. The van der Waals surface area contributed by atoms with E-state index in [4.69, 9.17) is 15.0 Å². The van der Waals surface area contributed by atoms with Crippen LogP contribution in [0.2, 0.25) is 0 Å². The van der Waals surface area contributed by atoms with Gasteiger partial charge in [-0.1, -0.05) is 153 Å². The summed E-state index contributed by atoms with van der Waals surface area (Å²) in [5.41, 5.74) is 18.2. The van der Waals surface area contributed by atoms with E-state index < -0.39 is 0 Å². The molecule has 1 heterocycles. The second-order valence-electron chi connectivity index (χ2n) is 14.4. The van der Waals surface area contributed by atoms with Crippen molar-refractivity contribution in [3.05, 3.63) is 186 Å². The largest absolute Gasteiger partial charge is 0.208 e. The van der Waals surface area contributed by atoms with Crippen molar-refractivity contribution < 1.29 is 0 Å². The Hall–Kier alpha value is -6.45. The Bertz CT molecular complexity index is 2620. The Morgan fingerprint density at radius 1 is 0.365 bits per heavy atom. The molecule has 0 spiro atoms. The maximum Gasteiger partial charge on any atom is 0.164 e. The van der Waals surface area contributed by atoms with Gasteiger partial charge < -0.3 is 0 Å². The molecule has 3 nitrogen and oxygen atoms in total. The molecule has 7 aromatic carbocycles. The van der Waals surface area contributed by atoms with Gasteiger partial charge in [-0.05, 0) is 97.4 Å². The first-order valence-corrected chi connectivity index (χ1v) is 18.0. The highest BCUT2D eigenvalue weighted by Gasteiger charge is 2.35. The fraction of sp³-hybridized carbons (Fsp3) is 0.0816. The molecule has 0 radical (unpaired) electrons. The van der Waals surface area contributed by atoms with Crippen molar-refractivity contribution in [2.75, 3.05) is 0 Å². The van der Waals surface area contributed by atoms with Gasteiger partial charge in [0.25, 0.3) is 0 Å². The molecule has 0 saturated heterocycles. The normalized spacial score (nSPS) is 13.3. The summed E-state index contributed by atoms with van der Waals surface area (Å²) in [5, 5.41) is 0. The van der Waals surface area contributed by atoms with Crippen molar-refractivity contribution in [3.63, 3.8) is 0 Å². The topological polar surface area (TPSA) is 38.7 Å². The van der Waals surface area contributed by atoms with E-state index in [1.165, 1.54) is 55.6 Å². The molecule has 0 saturated carbocycles. The molecule has 0 amide bonds. The molecule has 3 heteroatoms. The van der Waals surface area contributed by atoms with Crippen molar-refractivity contribution in [3.8, 4) is 78.7 Å². The predicted molar refractivity (Wildman–Crippen MR) is 213 cm³/mol. The third-order valence-electron chi connectivity index (χ3n) is 11.0. The van der Waals surface area contributed by atoms with E-state index >= 15 is 0 Å². The van der Waals surface area contributed by atoms with Crippen LogP contribution in [0.3, 0.4) is 0 Å². The minimum atomic E-state index is -0.0994. The Balaban J connectivity index is 1.20. The van der Waals surface area contributed by atoms with E-state index in [2.05, 4.69) is 141 Å². The maximum absolute atomic E-state index is 5.16. The summed E-state index contributed by atoms with van der Waals surface area (Å²) in [6.07, 6.45) is 0.911. The smallest absolute Gasteiger partial charge is 0.164 e. The van der Waals surface area contributed by atoms with Crippen LogP contribution in [0.5, 0.6) is 0 Å². The van der Waals surface area contributed by atoms with Crippen LogP contribution in [0.4, 0.5) is 0 Å². The fourth-order valence-corrected chi connectivity index (χ4v) is 8.33. The number of benzene rings is 7. The van der Waals surface area contributed by atoms with E-state index in [1.807, 2.05) is 36.4 Å². The monoisotopic (exact) mass is 665 g/mol. The summed E-state index contributed by atoms with van der Waals surface area (Å²) in [5.74, 6) is 1.97. The van der Waals surface area contributed by atoms with Crippen LogP contribution in [0.1, 0.15) is 36.1 Å². The Kier molecular flexibility index (Phi) is 6.91. The van der Waals surface area contributed by atoms with Crippen molar-refractivity contribution in [2.45, 2.75) is 25.7 Å². The molecule has 10 rings (SSSR count). The number of nitrogens with zero attached hydrogens (tertiary/aromatic N) is 3. The van der Waals surface area contributed by atoms with Gasteiger partial charge in [-0.3, -0.25) is 0 Å². The third-order valence-corrected chi connectivity index (χ3v) is 11.0. The molecule has 0 aliphatic heterocycles. The van der Waals surface area contributed by atoms with Crippen molar-refractivity contribution >= 4 is 0 Å². The van der Waals surface area contributed by atoms with Crippen LogP contribution >= 0.6 is 0 Å². The molecule has 0 bridgehead atoms. The van der Waals surface area contributed by atoms with Crippen molar-refractivity contribution in [1.29, 1.82) is 0 Å². The lowest BCUT2D eigenvalue weighted by Crippen LogP contribution is -2.14. The Morgan fingerprint density at radius 2 is 0.904 bits per heavy atom. The van der Waals surface area contributed by atoms with Crippen molar-refractivity contribution in [2.24, 2.45) is 0 Å². The van der Waals surface area contributed by atoms with Gasteiger partial charge in [-0.2, -0.15) is 0 Å². The second kappa shape index (κ2) is 11.8. The molecule has 0 unspecified atom stereocenters. The van der Waals surface area contributed by atoms with Gasteiger partial charge in [0.2, 0.25) is 0 Å². The van der Waals surface area contributed by atoms with Crippen LogP contribution in [0, 0.1) is 0 Å². The van der Waals surface area contributed by atoms with Gasteiger partial charge in [0.1, 0.15) is 0 Å². The summed E-state index contributed by atoms with van der Waals surface area (Å²) in [6, 6.07) is 58.6. The second-order valence-corrected chi connectivity index (χ2v) is 14.4. The van der Waals surface area contributed by atoms with E-state index in [1.54, 1.807) is 0 Å². The standard InChI is InChI=1S/C49H35N3/c1-49(2)44-23-12-11-20-41(44)42-25-24-33(30-45(42)49)35-26-36(39-21-13-22-40-38-19-10-9-18-34(38)29-43(39)40)28-37(27-35)48-51-46(31-14-5-3-6-15-31)50-47(52-48)32-16-7-4-8-17-32/h3-28,30H,29H2,1-2H3. The highest BCUT2D eigenvalue weighted by molar-refractivity contribution is 5.89. The quantitative estimate of drug-likeness (QED) is 0.184. The van der Waals surface area contributed by atoms with Crippen LogP contribution in [0.25, 0.3) is 78.7 Å². The number of aromatic nitrogens is 3. The Labute approximate surface area is 304 Å². The highest BCUT2D eigenvalue weighted by Crippen LogP contribution is 2.50. The molecule has 2 aliphatic rings. The molecule has 2 aliphatic carbocycles. The molecule has 246 valence electrons. The van der Waals surface area contributed by atoms with Gasteiger partial charge >= 0.3 is 0 Å². The van der Waals surface area contributed by atoms with Gasteiger partial charge in [0.05, 0.1) is 0 Å². The maximum atomic E-state index is 5.16. The lowest BCUT2D eigenvalue weighted by molar-refractivity contribution is 0.660. The minimum Gasteiger partial charge on any atom is -0.208 e. The van der Waals surface area contributed by atoms with Crippen LogP contribution in [-0.2, 0) is 11.8 Å². The molecule has 0 fully saturated rings. The number of hydrogen-bond donors (Lipinski definition) is 0. The van der Waals surface area contributed by atoms with Crippen molar-refractivity contribution in [1.82, 2.24) is 15.0 Å². The predicted octanol–water partition coefficient (Wildman–Crippen LogP) is 12.1. The molecular formula is C49H35N3. The fourth-order valence-electron chi connectivity index (χ4n) is 8.33. The van der Waals surface area contributed by atoms with Gasteiger partial charge in [-0.25, -0.2) is 15.0 Å². The summed E-state index contributed by atoms with van der Waals surface area (Å²) in [6.45, 7) is 4.69. The molecule has 1 aromatic heterocycles. The average molecular weight is 666 g/mol. The SMILES string of the molecule is CC1(C)c2ccccc2-c2ccc(-c3cc(-c4nc(-c5ccccc5)nc(-c5ccccc5)n4)cc(-c4cccc5c4Cc4ccccc4-5)c3)cc21. The molecular weight excluding hydrogens is 631 g/mol.